The van der Waals surface area contributed by atoms with Crippen LogP contribution >= 0.6 is 0 Å². The van der Waals surface area contributed by atoms with Crippen molar-refractivity contribution in [3.05, 3.63) is 58.5 Å². The summed E-state index contributed by atoms with van der Waals surface area (Å²) < 4.78 is 1.69. The van der Waals surface area contributed by atoms with Gasteiger partial charge in [-0.05, 0) is 49.6 Å². The number of carbonyl (C=O) groups excluding carboxylic acids is 1. The van der Waals surface area contributed by atoms with Gasteiger partial charge < -0.3 is 15.6 Å². The second-order valence-corrected chi connectivity index (χ2v) is 5.37. The van der Waals surface area contributed by atoms with Crippen LogP contribution in [0.15, 0.2) is 47.4 Å². The van der Waals surface area contributed by atoms with Crippen LogP contribution in [0.3, 0.4) is 0 Å². The Morgan fingerprint density at radius 1 is 1.14 bits per heavy atom. The molecule has 0 aliphatic heterocycles. The normalized spacial score (nSPS) is 10.4. The van der Waals surface area contributed by atoms with Gasteiger partial charge >= 0.3 is 0 Å². The first kappa shape index (κ1) is 15.8. The Balaban J connectivity index is 1.74. The van der Waals surface area contributed by atoms with Crippen LogP contribution in [0.1, 0.15) is 24.8 Å². The highest BCUT2D eigenvalue weighted by Crippen LogP contribution is 2.11. The Bertz CT molecular complexity index is 690. The number of aromatic nitrogens is 1. The van der Waals surface area contributed by atoms with Crippen LogP contribution in [-0.2, 0) is 11.3 Å². The van der Waals surface area contributed by atoms with Crippen LogP contribution in [0.5, 0.6) is 0 Å². The predicted molar refractivity (Wildman–Crippen MR) is 88.8 cm³/mol. The van der Waals surface area contributed by atoms with Crippen LogP contribution in [0.25, 0.3) is 0 Å². The first-order chi connectivity index (χ1) is 10.5. The number of anilines is 2. The number of benzene rings is 1. The molecule has 0 fully saturated rings. The van der Waals surface area contributed by atoms with Gasteiger partial charge in [-0.25, -0.2) is 0 Å². The van der Waals surface area contributed by atoms with Crippen LogP contribution in [0, 0.1) is 6.92 Å². The van der Waals surface area contributed by atoms with Crippen molar-refractivity contribution in [1.82, 2.24) is 4.57 Å². The molecular weight excluding hydrogens is 278 g/mol. The van der Waals surface area contributed by atoms with Gasteiger partial charge in [0.05, 0.1) is 0 Å². The van der Waals surface area contributed by atoms with E-state index in [1.54, 1.807) is 41.0 Å². The molecule has 1 aromatic heterocycles. The van der Waals surface area contributed by atoms with E-state index in [1.807, 2.05) is 13.1 Å². The molecule has 0 radical (unpaired) electrons. The standard InChI is InChI=1S/C17H21N3O2/c1-13-5-10-17(22)20(12-13)11-3-2-4-16(21)19-15-8-6-14(18)7-9-15/h5-10,12H,2-4,11,18H2,1H3,(H,19,21). The number of nitrogen functional groups attached to an aromatic ring is 1. The van der Waals surface area contributed by atoms with Crippen LogP contribution in [0.2, 0.25) is 0 Å². The fourth-order valence-corrected chi connectivity index (χ4v) is 2.18. The number of carbonyl (C=O) groups is 1. The predicted octanol–water partition coefficient (Wildman–Crippen LogP) is 2.55. The molecule has 0 saturated heterocycles. The number of amides is 1. The molecule has 1 heterocycles. The lowest BCUT2D eigenvalue weighted by Gasteiger charge is -2.07. The first-order valence-electron chi connectivity index (χ1n) is 7.37. The number of nitrogens with zero attached hydrogens (tertiary/aromatic N) is 1. The minimum Gasteiger partial charge on any atom is -0.399 e. The minimum absolute atomic E-state index is 0.00285. The molecule has 22 heavy (non-hydrogen) atoms. The number of aryl methyl sites for hydroxylation is 2. The molecule has 0 aliphatic carbocycles. The summed E-state index contributed by atoms with van der Waals surface area (Å²) >= 11 is 0. The van der Waals surface area contributed by atoms with Crippen LogP contribution in [-0.4, -0.2) is 10.5 Å². The van der Waals surface area contributed by atoms with Crippen LogP contribution < -0.4 is 16.6 Å². The maximum absolute atomic E-state index is 11.8. The van der Waals surface area contributed by atoms with Gasteiger partial charge in [0.1, 0.15) is 0 Å². The summed E-state index contributed by atoms with van der Waals surface area (Å²) in [5.74, 6) is -0.0265. The lowest BCUT2D eigenvalue weighted by atomic mass is 10.2. The highest BCUT2D eigenvalue weighted by Gasteiger charge is 2.03. The Kier molecular flexibility index (Phi) is 5.36. The second-order valence-electron chi connectivity index (χ2n) is 5.37. The summed E-state index contributed by atoms with van der Waals surface area (Å²) in [5, 5.41) is 2.83. The SMILES string of the molecule is Cc1ccc(=O)n(CCCCC(=O)Nc2ccc(N)cc2)c1. The van der Waals surface area contributed by atoms with E-state index in [1.165, 1.54) is 0 Å². The maximum Gasteiger partial charge on any atom is 0.250 e. The smallest absolute Gasteiger partial charge is 0.250 e. The third-order valence-corrected chi connectivity index (χ3v) is 3.38. The van der Waals surface area contributed by atoms with Gasteiger partial charge in [-0.3, -0.25) is 9.59 Å². The fraction of sp³-hybridized carbons (Fsp3) is 0.294. The van der Waals surface area contributed by atoms with E-state index < -0.39 is 0 Å². The molecule has 116 valence electrons. The molecule has 2 aromatic rings. The number of unbranched alkanes of at least 4 members (excludes halogenated alkanes) is 1. The highest BCUT2D eigenvalue weighted by atomic mass is 16.1. The Morgan fingerprint density at radius 3 is 2.59 bits per heavy atom. The Morgan fingerprint density at radius 2 is 1.86 bits per heavy atom. The summed E-state index contributed by atoms with van der Waals surface area (Å²) in [6, 6.07) is 10.4. The molecule has 0 unspecified atom stereocenters. The van der Waals surface area contributed by atoms with Crippen LogP contribution in [0.4, 0.5) is 11.4 Å². The summed E-state index contributed by atoms with van der Waals surface area (Å²) in [6.45, 7) is 2.59. The minimum atomic E-state index is -0.0265. The summed E-state index contributed by atoms with van der Waals surface area (Å²) in [6.07, 6.45) is 3.81. The number of hydrogen-bond acceptors (Lipinski definition) is 3. The zero-order valence-corrected chi connectivity index (χ0v) is 12.7. The van der Waals surface area contributed by atoms with Crippen molar-refractivity contribution in [2.45, 2.75) is 32.7 Å². The zero-order chi connectivity index (χ0) is 15.9. The lowest BCUT2D eigenvalue weighted by molar-refractivity contribution is -0.116. The Hall–Kier alpha value is -2.56. The van der Waals surface area contributed by atoms with Crippen molar-refractivity contribution in [3.8, 4) is 0 Å². The highest BCUT2D eigenvalue weighted by molar-refractivity contribution is 5.90. The molecule has 0 atom stereocenters. The molecule has 3 N–H and O–H groups in total. The fourth-order valence-electron chi connectivity index (χ4n) is 2.18. The molecule has 0 spiro atoms. The van der Waals surface area contributed by atoms with Crippen molar-refractivity contribution >= 4 is 17.3 Å². The Labute approximate surface area is 129 Å². The van der Waals surface area contributed by atoms with Gasteiger partial charge in [-0.15, -0.1) is 0 Å². The maximum atomic E-state index is 11.8. The molecule has 0 aliphatic rings. The van der Waals surface area contributed by atoms with E-state index in [2.05, 4.69) is 5.32 Å². The number of pyridine rings is 1. The number of nitrogens with two attached hydrogens (primary N) is 1. The molecule has 0 saturated carbocycles. The molecule has 5 nitrogen and oxygen atoms in total. The first-order valence-corrected chi connectivity index (χ1v) is 7.37. The molecular formula is C17H21N3O2. The van der Waals surface area contributed by atoms with Crippen molar-refractivity contribution in [1.29, 1.82) is 0 Å². The average Bonchev–Trinajstić information content (AvgIpc) is 2.49. The average molecular weight is 299 g/mol. The van der Waals surface area contributed by atoms with E-state index in [4.69, 9.17) is 5.73 Å². The summed E-state index contributed by atoms with van der Waals surface area (Å²) in [5.41, 5.74) is 8.06. The zero-order valence-electron chi connectivity index (χ0n) is 12.7. The number of nitrogens with one attached hydrogen (secondary N) is 1. The van der Waals surface area contributed by atoms with Crippen molar-refractivity contribution in [2.75, 3.05) is 11.1 Å². The van der Waals surface area contributed by atoms with Crippen molar-refractivity contribution in [2.24, 2.45) is 0 Å². The van der Waals surface area contributed by atoms with Gasteiger partial charge in [0.2, 0.25) is 5.91 Å². The van der Waals surface area contributed by atoms with E-state index in [0.29, 0.717) is 18.7 Å². The van der Waals surface area contributed by atoms with Gasteiger partial charge in [0.25, 0.3) is 5.56 Å². The van der Waals surface area contributed by atoms with Gasteiger partial charge in [-0.2, -0.15) is 0 Å². The topological polar surface area (TPSA) is 77.1 Å². The van der Waals surface area contributed by atoms with E-state index in [9.17, 15) is 9.59 Å². The van der Waals surface area contributed by atoms with E-state index in [-0.39, 0.29) is 11.5 Å². The molecule has 1 aromatic carbocycles. The molecule has 1 amide bonds. The number of hydrogen-bond donors (Lipinski definition) is 2. The van der Waals surface area contributed by atoms with Gasteiger partial charge in [0.15, 0.2) is 0 Å². The lowest BCUT2D eigenvalue weighted by Crippen LogP contribution is -2.19. The summed E-state index contributed by atoms with van der Waals surface area (Å²) in [7, 11) is 0. The van der Waals surface area contributed by atoms with Gasteiger partial charge in [0, 0.05) is 36.6 Å². The van der Waals surface area contributed by atoms with Crippen molar-refractivity contribution in [3.63, 3.8) is 0 Å². The molecule has 2 rings (SSSR count). The third-order valence-electron chi connectivity index (χ3n) is 3.38. The molecule has 5 heteroatoms. The monoisotopic (exact) mass is 299 g/mol. The third kappa shape index (κ3) is 4.77. The van der Waals surface area contributed by atoms with E-state index in [0.717, 1.165) is 24.1 Å². The molecule has 0 bridgehead atoms. The van der Waals surface area contributed by atoms with Crippen molar-refractivity contribution < 1.29 is 4.79 Å². The second kappa shape index (κ2) is 7.45. The van der Waals surface area contributed by atoms with E-state index >= 15 is 0 Å². The largest absolute Gasteiger partial charge is 0.399 e. The summed E-state index contributed by atoms with van der Waals surface area (Å²) in [4.78, 5) is 23.5. The quantitative estimate of drug-likeness (QED) is 0.635. The number of rotatable bonds is 6. The van der Waals surface area contributed by atoms with Gasteiger partial charge in [-0.1, -0.05) is 6.07 Å².